The zero-order valence-corrected chi connectivity index (χ0v) is 21.1. The molecule has 6 rings (SSSR count). The molecule has 2 aliphatic rings. The Hall–Kier alpha value is -5.43. The number of carbonyl (C=O) groups is 2. The Morgan fingerprint density at radius 3 is 2.38 bits per heavy atom. The summed E-state index contributed by atoms with van der Waals surface area (Å²) < 4.78 is 14.9. The molecule has 196 valence electrons. The average Bonchev–Trinajstić information content (AvgIpc) is 3.53. The molecule has 1 saturated heterocycles. The van der Waals surface area contributed by atoms with E-state index >= 15 is 0 Å². The van der Waals surface area contributed by atoms with Gasteiger partial charge in [0.15, 0.2) is 11.5 Å². The molecule has 2 aliphatic heterocycles. The molecule has 0 spiro atoms. The number of carbonyl (C=O) groups excluding carboxylic acids is 2. The molecule has 0 bridgehead atoms. The van der Waals surface area contributed by atoms with Gasteiger partial charge >= 0.3 is 0 Å². The molecule has 0 atom stereocenters. The molecule has 9 nitrogen and oxygen atoms in total. The highest BCUT2D eigenvalue weighted by molar-refractivity contribution is 6.10. The van der Waals surface area contributed by atoms with Gasteiger partial charge in [-0.15, -0.1) is 0 Å². The van der Waals surface area contributed by atoms with Crippen LogP contribution in [0.5, 0.6) is 0 Å². The van der Waals surface area contributed by atoms with Crippen LogP contribution in [0.4, 0.5) is 4.39 Å². The van der Waals surface area contributed by atoms with Crippen LogP contribution in [0.15, 0.2) is 85.1 Å². The minimum Gasteiger partial charge on any atom is -0.334 e. The van der Waals surface area contributed by atoms with Crippen molar-refractivity contribution < 1.29 is 14.0 Å². The predicted molar refractivity (Wildman–Crippen MR) is 142 cm³/mol. The first-order valence-electron chi connectivity index (χ1n) is 12.5. The SMILES string of the molecule is N#Cc1ncc2c(n1)CN(C(=O)c1cc(CN3C(=N)NC(c4ccccc4)(c4ccccc4)C3=O)ccc1F)C2. The van der Waals surface area contributed by atoms with Gasteiger partial charge in [0.25, 0.3) is 11.8 Å². The molecule has 4 aromatic rings. The molecule has 2 amide bonds. The van der Waals surface area contributed by atoms with E-state index in [0.29, 0.717) is 27.9 Å². The van der Waals surface area contributed by atoms with Crippen molar-refractivity contribution in [1.82, 2.24) is 25.1 Å². The van der Waals surface area contributed by atoms with E-state index in [0.717, 1.165) is 0 Å². The van der Waals surface area contributed by atoms with Crippen LogP contribution in [0.25, 0.3) is 0 Å². The molecule has 0 saturated carbocycles. The second-order valence-corrected chi connectivity index (χ2v) is 9.60. The summed E-state index contributed by atoms with van der Waals surface area (Å²) in [7, 11) is 0. The van der Waals surface area contributed by atoms with Crippen molar-refractivity contribution in [3.05, 3.63) is 130 Å². The molecule has 0 aliphatic carbocycles. The van der Waals surface area contributed by atoms with Gasteiger partial charge in [-0.05, 0) is 28.8 Å². The van der Waals surface area contributed by atoms with Crippen molar-refractivity contribution in [2.24, 2.45) is 0 Å². The maximum atomic E-state index is 14.9. The van der Waals surface area contributed by atoms with Gasteiger partial charge in [-0.1, -0.05) is 66.7 Å². The summed E-state index contributed by atoms with van der Waals surface area (Å²) in [4.78, 5) is 38.2. The molecule has 1 aromatic heterocycles. The Balaban J connectivity index is 1.29. The Morgan fingerprint density at radius 1 is 1.05 bits per heavy atom. The van der Waals surface area contributed by atoms with Crippen molar-refractivity contribution in [3.8, 4) is 6.07 Å². The van der Waals surface area contributed by atoms with Gasteiger partial charge in [-0.3, -0.25) is 19.9 Å². The molecule has 40 heavy (non-hydrogen) atoms. The first-order valence-corrected chi connectivity index (χ1v) is 12.5. The van der Waals surface area contributed by atoms with E-state index in [-0.39, 0.29) is 42.9 Å². The Labute approximate surface area is 229 Å². The summed E-state index contributed by atoms with van der Waals surface area (Å²) in [6.07, 6.45) is 1.50. The van der Waals surface area contributed by atoms with Gasteiger partial charge in [0.2, 0.25) is 5.82 Å². The lowest BCUT2D eigenvalue weighted by molar-refractivity contribution is -0.130. The van der Waals surface area contributed by atoms with Crippen LogP contribution in [0, 0.1) is 22.6 Å². The number of hydrogen-bond donors (Lipinski definition) is 2. The van der Waals surface area contributed by atoms with E-state index in [1.807, 2.05) is 66.7 Å². The first kappa shape index (κ1) is 24.9. The van der Waals surface area contributed by atoms with E-state index < -0.39 is 17.3 Å². The number of nitriles is 1. The van der Waals surface area contributed by atoms with Gasteiger partial charge in [-0.25, -0.2) is 14.4 Å². The highest BCUT2D eigenvalue weighted by Gasteiger charge is 2.52. The van der Waals surface area contributed by atoms with Crippen molar-refractivity contribution in [1.29, 1.82) is 10.7 Å². The third kappa shape index (κ3) is 4.05. The number of halogens is 1. The third-order valence-corrected chi connectivity index (χ3v) is 7.20. The highest BCUT2D eigenvalue weighted by atomic mass is 19.1. The van der Waals surface area contributed by atoms with Gasteiger partial charge in [0.1, 0.15) is 11.9 Å². The summed E-state index contributed by atoms with van der Waals surface area (Å²) in [6, 6.07) is 24.4. The van der Waals surface area contributed by atoms with Gasteiger partial charge in [0.05, 0.1) is 24.3 Å². The highest BCUT2D eigenvalue weighted by Crippen LogP contribution is 2.36. The topological polar surface area (TPSA) is 126 Å². The van der Waals surface area contributed by atoms with Crippen LogP contribution >= 0.6 is 0 Å². The van der Waals surface area contributed by atoms with Crippen LogP contribution < -0.4 is 5.32 Å². The minimum absolute atomic E-state index is 0.00893. The third-order valence-electron chi connectivity index (χ3n) is 7.20. The molecular weight excluding hydrogens is 509 g/mol. The van der Waals surface area contributed by atoms with Gasteiger partial charge < -0.3 is 10.2 Å². The van der Waals surface area contributed by atoms with Crippen molar-refractivity contribution in [2.45, 2.75) is 25.2 Å². The number of nitrogens with one attached hydrogen (secondary N) is 2. The Morgan fingerprint density at radius 2 is 1.73 bits per heavy atom. The number of benzene rings is 3. The number of guanidine groups is 1. The maximum absolute atomic E-state index is 14.9. The predicted octanol–water partition coefficient (Wildman–Crippen LogP) is 3.45. The second kappa shape index (κ2) is 9.71. The monoisotopic (exact) mass is 531 g/mol. The van der Waals surface area contributed by atoms with Crippen molar-refractivity contribution in [2.75, 3.05) is 0 Å². The molecule has 1 fully saturated rings. The van der Waals surface area contributed by atoms with Crippen molar-refractivity contribution >= 4 is 17.8 Å². The molecule has 3 heterocycles. The Bertz CT molecular complexity index is 1660. The molecule has 3 aromatic carbocycles. The van der Waals surface area contributed by atoms with E-state index in [1.54, 1.807) is 0 Å². The lowest BCUT2D eigenvalue weighted by atomic mass is 9.82. The lowest BCUT2D eigenvalue weighted by Gasteiger charge is -2.28. The van der Waals surface area contributed by atoms with E-state index in [9.17, 15) is 14.0 Å². The average molecular weight is 532 g/mol. The normalized spacial score (nSPS) is 15.5. The number of hydrogen-bond acceptors (Lipinski definition) is 6. The summed E-state index contributed by atoms with van der Waals surface area (Å²) in [5.74, 6) is -1.68. The van der Waals surface area contributed by atoms with Crippen molar-refractivity contribution in [3.63, 3.8) is 0 Å². The number of nitrogens with zero attached hydrogens (tertiary/aromatic N) is 5. The fourth-order valence-electron chi connectivity index (χ4n) is 5.23. The van der Waals surface area contributed by atoms with E-state index in [1.165, 1.54) is 34.2 Å². The number of amides is 2. The van der Waals surface area contributed by atoms with E-state index in [4.69, 9.17) is 10.7 Å². The standard InChI is InChI=1S/C30H22FN7O2/c31-24-12-11-19(13-23(24)27(39)37-17-20-15-34-26(14-32)35-25(20)18-37)16-38-28(40)30(36-29(38)33,21-7-3-1-4-8-21)22-9-5-2-6-10-22/h1-13,15H,16-18H2,(H2,33,36). The number of rotatable bonds is 5. The van der Waals surface area contributed by atoms with Crippen LogP contribution in [0.2, 0.25) is 0 Å². The second-order valence-electron chi connectivity index (χ2n) is 9.60. The maximum Gasteiger partial charge on any atom is 0.264 e. The smallest absolute Gasteiger partial charge is 0.264 e. The Kier molecular flexibility index (Phi) is 6.04. The van der Waals surface area contributed by atoms with Crippen LogP contribution in [0.3, 0.4) is 0 Å². The van der Waals surface area contributed by atoms with E-state index in [2.05, 4.69) is 15.3 Å². The fourth-order valence-corrected chi connectivity index (χ4v) is 5.23. The molecule has 0 radical (unpaired) electrons. The summed E-state index contributed by atoms with van der Waals surface area (Å²) in [6.45, 7) is 0.286. The van der Waals surface area contributed by atoms with Gasteiger partial charge in [-0.2, -0.15) is 5.26 Å². The first-order chi connectivity index (χ1) is 19.4. The largest absolute Gasteiger partial charge is 0.334 e. The fraction of sp³-hybridized carbons (Fsp3) is 0.133. The van der Waals surface area contributed by atoms with Crippen LogP contribution in [-0.4, -0.2) is 37.5 Å². The number of fused-ring (bicyclic) bond motifs is 1. The zero-order chi connectivity index (χ0) is 27.9. The van der Waals surface area contributed by atoms with Crippen LogP contribution in [0.1, 0.15) is 44.1 Å². The minimum atomic E-state index is -1.30. The van der Waals surface area contributed by atoms with Crippen LogP contribution in [-0.2, 0) is 30.0 Å². The molecule has 10 heteroatoms. The molecular formula is C30H22FN7O2. The quantitative estimate of drug-likeness (QED) is 0.406. The summed E-state index contributed by atoms with van der Waals surface area (Å²) in [5.41, 5.74) is 1.66. The van der Waals surface area contributed by atoms with Gasteiger partial charge in [0, 0.05) is 18.3 Å². The zero-order valence-electron chi connectivity index (χ0n) is 21.1. The molecule has 0 unspecified atom stereocenters. The summed E-state index contributed by atoms with van der Waals surface area (Å²) in [5, 5.41) is 20.8. The number of aromatic nitrogens is 2. The summed E-state index contributed by atoms with van der Waals surface area (Å²) >= 11 is 0. The lowest BCUT2D eigenvalue weighted by Crippen LogP contribution is -2.45. The molecule has 2 N–H and O–H groups in total.